The van der Waals surface area contributed by atoms with Gasteiger partial charge in [-0.1, -0.05) is 0 Å². The van der Waals surface area contributed by atoms with Gasteiger partial charge in [0.25, 0.3) is 10.1 Å². The molecule has 0 spiro atoms. The molecule has 1 aliphatic heterocycles. The number of piperidine rings is 1. The average molecular weight is 655 g/mol. The average Bonchev–Trinajstić information content (AvgIpc) is 3.34. The van der Waals surface area contributed by atoms with Crippen LogP contribution < -0.4 is 26.7 Å². The quantitative estimate of drug-likeness (QED) is 0.220. The van der Waals surface area contributed by atoms with E-state index in [0.717, 1.165) is 29.0 Å². The van der Waals surface area contributed by atoms with Gasteiger partial charge >= 0.3 is 5.97 Å². The van der Waals surface area contributed by atoms with Gasteiger partial charge in [0, 0.05) is 43.2 Å². The fraction of sp³-hybridized carbons (Fsp3) is 0.370. The topological polar surface area (TPSA) is 214 Å². The zero-order chi connectivity index (χ0) is 33.5. The largest absolute Gasteiger partial charge is 0.477 e. The number of aromatic nitrogens is 2. The molecule has 1 aromatic carbocycles. The first-order chi connectivity index (χ1) is 20.9. The number of nitrogens with zero attached hydrogens (tertiary/aromatic N) is 3. The zero-order valence-corrected chi connectivity index (χ0v) is 24.8. The smallest absolute Gasteiger partial charge is 0.341 e. The lowest BCUT2D eigenvalue weighted by Crippen LogP contribution is -2.50. The zero-order valence-electron chi connectivity index (χ0n) is 24.0. The summed E-state index contributed by atoms with van der Waals surface area (Å²) in [5.74, 6) is -5.42. The molecule has 242 valence electrons. The minimum atomic E-state index is -3.67. The first-order valence-corrected chi connectivity index (χ1v) is 15.2. The second-order valence-electron chi connectivity index (χ2n) is 10.8. The van der Waals surface area contributed by atoms with Crippen LogP contribution in [0.15, 0.2) is 35.3 Å². The standard InChI is InChI=1S/C26H25F3N6O5.CH4O3S/c1-10(30)24(37)31-11(2)25(38)32-20-14-7-34(8-15(14)20)23-18(29)6-13-21(36)16(26(39)40)9-35(22(13)33-23)19-4-3-12(27)5-17(19)28;1-5(2,3)4/h3-6,9-11,14-15,20H,7-8,30H2,1-2H3,(H,31,37)(H,32,38)(H,39,40);1H3,(H,2,3,4). The molecule has 1 saturated carbocycles. The van der Waals surface area contributed by atoms with E-state index in [0.29, 0.717) is 25.4 Å². The van der Waals surface area contributed by atoms with Crippen LogP contribution in [0.1, 0.15) is 24.2 Å². The van der Waals surface area contributed by atoms with Gasteiger partial charge in [-0.2, -0.15) is 8.42 Å². The monoisotopic (exact) mass is 654 g/mol. The second kappa shape index (κ2) is 12.4. The number of aromatic carboxylic acids is 1. The lowest BCUT2D eigenvalue weighted by atomic mass is 10.1. The minimum absolute atomic E-state index is 0.0247. The summed E-state index contributed by atoms with van der Waals surface area (Å²) < 4.78 is 70.3. The Bertz CT molecular complexity index is 1850. The molecule has 0 radical (unpaired) electrons. The number of benzene rings is 1. The summed E-state index contributed by atoms with van der Waals surface area (Å²) in [7, 11) is -3.67. The molecule has 0 bridgehead atoms. The number of nitrogens with two attached hydrogens (primary N) is 1. The number of nitrogens with one attached hydrogen (secondary N) is 2. The van der Waals surface area contributed by atoms with Gasteiger partial charge in [0.2, 0.25) is 17.2 Å². The molecule has 14 nitrogen and oxygen atoms in total. The van der Waals surface area contributed by atoms with E-state index in [-0.39, 0.29) is 46.3 Å². The number of pyridine rings is 2. The van der Waals surface area contributed by atoms with Gasteiger partial charge in [-0.15, -0.1) is 0 Å². The molecule has 6 N–H and O–H groups in total. The summed E-state index contributed by atoms with van der Waals surface area (Å²) in [5, 5.41) is 14.5. The Balaban J connectivity index is 0.000000854. The lowest BCUT2D eigenvalue weighted by Gasteiger charge is -2.23. The van der Waals surface area contributed by atoms with Crippen molar-refractivity contribution in [3.05, 3.63) is 63.7 Å². The maximum Gasteiger partial charge on any atom is 0.341 e. The molecule has 18 heteroatoms. The summed E-state index contributed by atoms with van der Waals surface area (Å²) in [5.41, 5.74) is 3.28. The van der Waals surface area contributed by atoms with E-state index < -0.39 is 62.5 Å². The summed E-state index contributed by atoms with van der Waals surface area (Å²) >= 11 is 0. The first-order valence-electron chi connectivity index (χ1n) is 13.4. The van der Waals surface area contributed by atoms with Crippen LogP contribution in [0.3, 0.4) is 0 Å². The fourth-order valence-corrected chi connectivity index (χ4v) is 5.06. The Morgan fingerprint density at radius 3 is 2.20 bits per heavy atom. The van der Waals surface area contributed by atoms with E-state index in [4.69, 9.17) is 10.3 Å². The molecule has 3 heterocycles. The molecule has 3 aromatic rings. The lowest BCUT2D eigenvalue weighted by molar-refractivity contribution is -0.129. The Labute approximate surface area is 253 Å². The molecule has 5 rings (SSSR count). The number of carboxylic acid groups (broad SMARTS) is 1. The number of amides is 2. The van der Waals surface area contributed by atoms with Crippen molar-refractivity contribution in [3.63, 3.8) is 0 Å². The van der Waals surface area contributed by atoms with E-state index in [1.807, 2.05) is 0 Å². The van der Waals surface area contributed by atoms with Crippen molar-refractivity contribution in [1.82, 2.24) is 20.2 Å². The van der Waals surface area contributed by atoms with E-state index in [1.54, 1.807) is 4.90 Å². The van der Waals surface area contributed by atoms with Crippen LogP contribution in [0.5, 0.6) is 0 Å². The van der Waals surface area contributed by atoms with Crippen LogP contribution in [0, 0.1) is 29.3 Å². The third-order valence-corrected chi connectivity index (χ3v) is 7.28. The van der Waals surface area contributed by atoms with Crippen LogP contribution in [-0.2, 0) is 19.7 Å². The van der Waals surface area contributed by atoms with Crippen molar-refractivity contribution >= 4 is 44.8 Å². The molecule has 4 unspecified atom stereocenters. The van der Waals surface area contributed by atoms with E-state index >= 15 is 4.39 Å². The predicted molar refractivity (Wildman–Crippen MR) is 154 cm³/mol. The number of rotatable bonds is 7. The van der Waals surface area contributed by atoms with E-state index in [2.05, 4.69) is 15.6 Å². The van der Waals surface area contributed by atoms with E-state index in [1.165, 1.54) is 13.8 Å². The predicted octanol–water partition coefficient (Wildman–Crippen LogP) is 0.408. The van der Waals surface area contributed by atoms with Crippen molar-refractivity contribution in [1.29, 1.82) is 0 Å². The normalized spacial score (nSPS) is 20.0. The Hall–Kier alpha value is -4.55. The van der Waals surface area contributed by atoms with Crippen LogP contribution >= 0.6 is 0 Å². The molecule has 45 heavy (non-hydrogen) atoms. The first kappa shape index (κ1) is 33.3. The van der Waals surface area contributed by atoms with Gasteiger partial charge in [0.1, 0.15) is 23.2 Å². The number of carbonyl (C=O) groups excluding carboxylic acids is 2. The fourth-order valence-electron chi connectivity index (χ4n) is 5.06. The SMILES string of the molecule is CC(N)C(=O)NC(C)C(=O)NC1C2CN(c3nc4c(cc3F)c(=O)c(C(=O)O)cn4-c3ccc(F)cc3F)CC21.CS(=O)(=O)O. The number of carboxylic acids is 1. The van der Waals surface area contributed by atoms with Crippen LogP contribution in [0.25, 0.3) is 16.7 Å². The van der Waals surface area contributed by atoms with Crippen molar-refractivity contribution in [2.45, 2.75) is 32.0 Å². The molecule has 4 atom stereocenters. The Kier molecular flexibility index (Phi) is 9.22. The van der Waals surface area contributed by atoms with Gasteiger partial charge in [-0.05, 0) is 32.0 Å². The molecule has 2 aliphatic rings. The number of halogens is 3. The molecule has 1 saturated heterocycles. The Morgan fingerprint density at radius 1 is 1.07 bits per heavy atom. The molecule has 1 aliphatic carbocycles. The molecule has 2 fully saturated rings. The number of hydrogen-bond acceptors (Lipinski definition) is 9. The minimum Gasteiger partial charge on any atom is -0.477 e. The molecule has 2 amide bonds. The van der Waals surface area contributed by atoms with Crippen LogP contribution in [0.2, 0.25) is 0 Å². The molecular formula is C27H29F3N6O8S. The van der Waals surface area contributed by atoms with Gasteiger partial charge in [-0.3, -0.25) is 23.5 Å². The highest BCUT2D eigenvalue weighted by Crippen LogP contribution is 2.47. The third-order valence-electron chi connectivity index (χ3n) is 7.28. The van der Waals surface area contributed by atoms with Gasteiger partial charge < -0.3 is 26.4 Å². The molecular weight excluding hydrogens is 625 g/mol. The van der Waals surface area contributed by atoms with Gasteiger partial charge in [-0.25, -0.2) is 22.9 Å². The van der Waals surface area contributed by atoms with E-state index in [9.17, 15) is 41.5 Å². The van der Waals surface area contributed by atoms with Gasteiger partial charge in [0.15, 0.2) is 17.3 Å². The summed E-state index contributed by atoms with van der Waals surface area (Å²) in [6, 6.07) is 1.71. The highest BCUT2D eigenvalue weighted by molar-refractivity contribution is 7.85. The summed E-state index contributed by atoms with van der Waals surface area (Å²) in [6.07, 6.45) is 1.59. The number of anilines is 1. The second-order valence-corrected chi connectivity index (χ2v) is 12.3. The van der Waals surface area contributed by atoms with Gasteiger partial charge in [0.05, 0.1) is 23.4 Å². The number of carbonyl (C=O) groups is 3. The van der Waals surface area contributed by atoms with Crippen molar-refractivity contribution < 1.29 is 45.6 Å². The van der Waals surface area contributed by atoms with Crippen molar-refractivity contribution in [2.75, 3.05) is 24.2 Å². The highest BCUT2D eigenvalue weighted by atomic mass is 32.2. The maximum absolute atomic E-state index is 15.2. The van der Waals surface area contributed by atoms with Crippen molar-refractivity contribution in [3.8, 4) is 5.69 Å². The Morgan fingerprint density at radius 2 is 1.67 bits per heavy atom. The third kappa shape index (κ3) is 7.40. The molecule has 2 aromatic heterocycles. The van der Waals surface area contributed by atoms with Crippen molar-refractivity contribution in [2.24, 2.45) is 17.6 Å². The highest BCUT2D eigenvalue weighted by Gasteiger charge is 2.57. The number of hydrogen-bond donors (Lipinski definition) is 5. The maximum atomic E-state index is 15.2. The summed E-state index contributed by atoms with van der Waals surface area (Å²) in [4.78, 5) is 54.6. The number of fused-ring (bicyclic) bond motifs is 2. The van der Waals surface area contributed by atoms with Crippen LogP contribution in [0.4, 0.5) is 19.0 Å². The van der Waals surface area contributed by atoms with Crippen LogP contribution in [-0.4, -0.2) is 82.9 Å². The summed E-state index contributed by atoms with van der Waals surface area (Å²) in [6.45, 7) is 3.66.